The summed E-state index contributed by atoms with van der Waals surface area (Å²) in [5.74, 6) is -1.23. The monoisotopic (exact) mass is 587 g/mol. The minimum Gasteiger partial charge on any atom is -0.477 e. The summed E-state index contributed by atoms with van der Waals surface area (Å²) in [4.78, 5) is 44.3. The Morgan fingerprint density at radius 2 is 1.80 bits per heavy atom. The number of carboxylic acids is 1. The summed E-state index contributed by atoms with van der Waals surface area (Å²) in [6.07, 6.45) is 0.593. The van der Waals surface area contributed by atoms with Gasteiger partial charge in [0, 0.05) is 17.2 Å². The van der Waals surface area contributed by atoms with Crippen molar-refractivity contribution in [1.82, 2.24) is 19.5 Å². The number of fused-ring (bicyclic) bond motifs is 2. The van der Waals surface area contributed by atoms with Crippen LogP contribution in [-0.2, 0) is 14.3 Å². The zero-order chi connectivity index (χ0) is 28.7. The first-order chi connectivity index (χ1) is 19.8. The second-order valence-electron chi connectivity index (χ2n) is 9.62. The van der Waals surface area contributed by atoms with Gasteiger partial charge in [0.2, 0.25) is 5.91 Å². The highest BCUT2D eigenvalue weighted by Crippen LogP contribution is 2.42. The topological polar surface area (TPSA) is 140 Å². The maximum absolute atomic E-state index is 13.9. The van der Waals surface area contributed by atoms with Crippen LogP contribution in [0.3, 0.4) is 0 Å². The number of β-lactam (4-membered cyclic amide) rings is 1. The normalized spacial score (nSPS) is 18.4. The number of nitrogens with two attached hydrogens (primary N) is 1. The number of ether oxygens (including phenoxy) is 1. The lowest BCUT2D eigenvalue weighted by Gasteiger charge is -2.48. The summed E-state index contributed by atoms with van der Waals surface area (Å²) >= 11 is 2.88. The second kappa shape index (κ2) is 11.0. The first kappa shape index (κ1) is 27.1. The number of hydrogen-bond acceptors (Lipinski definition) is 9. The van der Waals surface area contributed by atoms with E-state index in [4.69, 9.17) is 10.5 Å². The molecule has 0 saturated carbocycles. The predicted molar refractivity (Wildman–Crippen MR) is 154 cm³/mol. The van der Waals surface area contributed by atoms with Crippen LogP contribution >= 0.6 is 23.5 Å². The summed E-state index contributed by atoms with van der Waals surface area (Å²) < 4.78 is 7.63. The van der Waals surface area contributed by atoms with Crippen LogP contribution in [0.4, 0.5) is 0 Å². The number of carbonyl (C=O) groups excluding carboxylic acids is 2. The predicted octanol–water partition coefficient (Wildman–Crippen LogP) is 3.66. The van der Waals surface area contributed by atoms with Crippen molar-refractivity contribution >= 4 is 47.0 Å². The highest BCUT2D eigenvalue weighted by Gasteiger charge is 2.52. The molecule has 2 atom stereocenters. The Balaban J connectivity index is 1.35. The van der Waals surface area contributed by atoms with E-state index >= 15 is 0 Å². The zero-order valence-corrected chi connectivity index (χ0v) is 23.5. The molecule has 1 amide bonds. The summed E-state index contributed by atoms with van der Waals surface area (Å²) in [7, 11) is 0. The van der Waals surface area contributed by atoms with Gasteiger partial charge in [-0.05, 0) is 29.7 Å². The third kappa shape index (κ3) is 4.98. The molecule has 1 saturated heterocycles. The van der Waals surface area contributed by atoms with Gasteiger partial charge in [-0.25, -0.2) is 19.1 Å². The molecule has 4 heterocycles. The number of benzene rings is 2. The van der Waals surface area contributed by atoms with Crippen molar-refractivity contribution in [3.05, 3.63) is 107 Å². The van der Waals surface area contributed by atoms with Crippen LogP contribution in [0.15, 0.2) is 89.2 Å². The van der Waals surface area contributed by atoms with Crippen molar-refractivity contribution in [2.24, 2.45) is 5.73 Å². The Kier molecular flexibility index (Phi) is 7.28. The molecule has 2 aliphatic heterocycles. The lowest BCUT2D eigenvalue weighted by molar-refractivity contribution is -0.153. The molecule has 0 bridgehead atoms. The number of esters is 1. The van der Waals surface area contributed by atoms with E-state index in [1.165, 1.54) is 39.1 Å². The summed E-state index contributed by atoms with van der Waals surface area (Å²) in [5, 5.41) is 14.1. The van der Waals surface area contributed by atoms with Crippen molar-refractivity contribution in [3.63, 3.8) is 0 Å². The van der Waals surface area contributed by atoms with Crippen LogP contribution < -0.4 is 5.73 Å². The van der Waals surface area contributed by atoms with E-state index in [0.29, 0.717) is 22.2 Å². The quantitative estimate of drug-likeness (QED) is 0.136. The Bertz CT molecular complexity index is 1650. The number of aryl methyl sites for hydroxylation is 1. The van der Waals surface area contributed by atoms with E-state index in [-0.39, 0.29) is 28.2 Å². The van der Waals surface area contributed by atoms with E-state index in [1.807, 2.05) is 60.7 Å². The van der Waals surface area contributed by atoms with Crippen LogP contribution in [0, 0.1) is 6.92 Å². The molecule has 2 aliphatic rings. The van der Waals surface area contributed by atoms with E-state index in [1.54, 1.807) is 13.0 Å². The molecule has 10 nitrogen and oxygen atoms in total. The third-order valence-electron chi connectivity index (χ3n) is 6.90. The number of carboxylic acid groups (broad SMARTS) is 1. The largest absolute Gasteiger partial charge is 0.477 e. The van der Waals surface area contributed by atoms with Gasteiger partial charge in [-0.2, -0.15) is 5.10 Å². The molecule has 12 heteroatoms. The number of thioether (sulfide) groups is 2. The molecule has 1 unspecified atom stereocenters. The first-order valence-corrected chi connectivity index (χ1v) is 14.8. The third-order valence-corrected chi connectivity index (χ3v) is 9.34. The van der Waals surface area contributed by atoms with Crippen molar-refractivity contribution in [2.45, 2.75) is 29.5 Å². The highest BCUT2D eigenvalue weighted by atomic mass is 32.2. The Morgan fingerprint density at radius 1 is 1.15 bits per heavy atom. The number of aromatic nitrogens is 3. The fourth-order valence-corrected chi connectivity index (χ4v) is 7.38. The molecule has 1 fully saturated rings. The molecule has 6 rings (SSSR count). The van der Waals surface area contributed by atoms with Crippen molar-refractivity contribution in [1.29, 1.82) is 0 Å². The van der Waals surface area contributed by atoms with Gasteiger partial charge in [0.1, 0.15) is 27.7 Å². The number of carbonyl (C=O) groups is 3. The zero-order valence-electron chi connectivity index (χ0n) is 21.8. The number of aromatic carboxylic acids is 1. The second-order valence-corrected chi connectivity index (χ2v) is 11.7. The van der Waals surface area contributed by atoms with Crippen LogP contribution in [-0.4, -0.2) is 65.4 Å². The Morgan fingerprint density at radius 3 is 2.44 bits per heavy atom. The van der Waals surface area contributed by atoms with Gasteiger partial charge >= 0.3 is 11.9 Å². The maximum atomic E-state index is 13.9. The lowest BCUT2D eigenvalue weighted by atomic mass is 10.0. The van der Waals surface area contributed by atoms with Crippen LogP contribution in [0.2, 0.25) is 0 Å². The standard InChI is InChI=1S/C29H25N5O5S2/c1-16-12-21(34-25(32-16)20(13-31-34)28(36)37)40-14-19-15-41-27-22(30)26(35)33(27)23(19)29(38)39-24(17-8-4-2-5-9-17)18-10-6-3-7-11-18/h2-13,22,24,27H,14-15,30H2,1H3,(H,36,37)/t22?,27-/m1/s1. The number of nitrogens with zero attached hydrogens (tertiary/aromatic N) is 4. The number of rotatable bonds is 8. The van der Waals surface area contributed by atoms with Gasteiger partial charge in [0.25, 0.3) is 0 Å². The average Bonchev–Trinajstić information content (AvgIpc) is 3.42. The van der Waals surface area contributed by atoms with Crippen LogP contribution in [0.25, 0.3) is 5.65 Å². The summed E-state index contributed by atoms with van der Waals surface area (Å²) in [6.45, 7) is 1.78. The fraction of sp³-hybridized carbons (Fsp3) is 0.207. The van der Waals surface area contributed by atoms with E-state index in [9.17, 15) is 19.5 Å². The molecule has 3 N–H and O–H groups in total. The number of hydrogen-bond donors (Lipinski definition) is 2. The minimum absolute atomic E-state index is 0.00289. The Labute approximate surface area is 243 Å². The summed E-state index contributed by atoms with van der Waals surface area (Å²) in [6, 6.07) is 20.0. The smallest absolute Gasteiger partial charge is 0.356 e. The van der Waals surface area contributed by atoms with Gasteiger partial charge in [-0.1, -0.05) is 60.7 Å². The minimum atomic E-state index is -1.12. The van der Waals surface area contributed by atoms with E-state index in [2.05, 4.69) is 10.1 Å². The highest BCUT2D eigenvalue weighted by molar-refractivity contribution is 8.01. The molecule has 208 valence electrons. The first-order valence-electron chi connectivity index (χ1n) is 12.8. The van der Waals surface area contributed by atoms with Gasteiger partial charge in [-0.15, -0.1) is 23.5 Å². The lowest BCUT2D eigenvalue weighted by Crippen LogP contribution is -2.68. The molecule has 41 heavy (non-hydrogen) atoms. The van der Waals surface area contributed by atoms with Crippen LogP contribution in [0.5, 0.6) is 0 Å². The fourth-order valence-electron chi connectivity index (χ4n) is 4.89. The SMILES string of the molecule is Cc1cc(SCC2=C(C(=O)OC(c3ccccc3)c3ccccc3)N3C(=O)C(N)[C@H]3SC2)n2ncc(C(=O)O)c2n1. The molecular weight excluding hydrogens is 562 g/mol. The molecule has 0 radical (unpaired) electrons. The Hall–Kier alpha value is -4.13. The molecule has 2 aromatic heterocycles. The van der Waals surface area contributed by atoms with Crippen molar-refractivity contribution in [3.8, 4) is 0 Å². The van der Waals surface area contributed by atoms with Crippen molar-refractivity contribution < 1.29 is 24.2 Å². The maximum Gasteiger partial charge on any atom is 0.356 e. The van der Waals surface area contributed by atoms with Gasteiger partial charge in [0.15, 0.2) is 11.8 Å². The van der Waals surface area contributed by atoms with Gasteiger partial charge < -0.3 is 15.6 Å². The van der Waals surface area contributed by atoms with Crippen molar-refractivity contribution in [2.75, 3.05) is 11.5 Å². The number of amides is 1. The van der Waals surface area contributed by atoms with E-state index < -0.39 is 24.1 Å². The van der Waals surface area contributed by atoms with Gasteiger partial charge in [-0.3, -0.25) is 9.69 Å². The van der Waals surface area contributed by atoms with Crippen LogP contribution in [0.1, 0.15) is 33.3 Å². The van der Waals surface area contributed by atoms with E-state index in [0.717, 1.165) is 16.7 Å². The molecule has 0 aliphatic carbocycles. The molecule has 2 aromatic carbocycles. The molecule has 4 aromatic rings. The summed E-state index contributed by atoms with van der Waals surface area (Å²) in [5.41, 5.74) is 9.49. The molecular formula is C29H25N5O5S2. The molecule has 0 spiro atoms. The average molecular weight is 588 g/mol. The van der Waals surface area contributed by atoms with Gasteiger partial charge in [0.05, 0.1) is 6.20 Å².